The average Bonchev–Trinajstić information content (AvgIpc) is 2.65. The SMILES string of the molecule is CC(C)C(N)C(=O)NCc1cscn1. The maximum Gasteiger partial charge on any atom is 0.237 e. The zero-order valence-corrected chi connectivity index (χ0v) is 9.17. The Kier molecular flexibility index (Phi) is 4.03. The molecule has 1 atom stereocenters. The Morgan fingerprint density at radius 3 is 2.93 bits per heavy atom. The molecule has 0 aromatic carbocycles. The molecule has 0 aliphatic rings. The molecule has 0 aliphatic carbocycles. The third-order valence-electron chi connectivity index (χ3n) is 1.95. The van der Waals surface area contributed by atoms with E-state index in [4.69, 9.17) is 5.73 Å². The fraction of sp³-hybridized carbons (Fsp3) is 0.556. The van der Waals surface area contributed by atoms with Gasteiger partial charge in [0.1, 0.15) is 0 Å². The van der Waals surface area contributed by atoms with Crippen molar-refractivity contribution in [3.8, 4) is 0 Å². The quantitative estimate of drug-likeness (QED) is 0.775. The Balaban J connectivity index is 2.35. The van der Waals surface area contributed by atoms with Crippen LogP contribution >= 0.6 is 11.3 Å². The second-order valence-electron chi connectivity index (χ2n) is 3.47. The van der Waals surface area contributed by atoms with E-state index < -0.39 is 6.04 Å². The van der Waals surface area contributed by atoms with Crippen molar-refractivity contribution in [1.82, 2.24) is 10.3 Å². The molecule has 1 rings (SSSR count). The molecule has 14 heavy (non-hydrogen) atoms. The lowest BCUT2D eigenvalue weighted by molar-refractivity contribution is -0.123. The molecule has 1 unspecified atom stereocenters. The van der Waals surface area contributed by atoms with Gasteiger partial charge in [0, 0.05) is 5.38 Å². The maximum atomic E-state index is 11.4. The number of hydrogen-bond acceptors (Lipinski definition) is 4. The van der Waals surface area contributed by atoms with Crippen LogP contribution in [0, 0.1) is 5.92 Å². The van der Waals surface area contributed by atoms with E-state index in [-0.39, 0.29) is 11.8 Å². The zero-order valence-electron chi connectivity index (χ0n) is 8.36. The number of nitrogens with zero attached hydrogens (tertiary/aromatic N) is 1. The van der Waals surface area contributed by atoms with Gasteiger partial charge in [0.05, 0.1) is 23.8 Å². The van der Waals surface area contributed by atoms with Gasteiger partial charge in [0.15, 0.2) is 0 Å². The van der Waals surface area contributed by atoms with Crippen molar-refractivity contribution in [2.45, 2.75) is 26.4 Å². The van der Waals surface area contributed by atoms with Gasteiger partial charge < -0.3 is 11.1 Å². The minimum atomic E-state index is -0.436. The number of rotatable bonds is 4. The molecule has 1 amide bonds. The average molecular weight is 213 g/mol. The summed E-state index contributed by atoms with van der Waals surface area (Å²) in [4.78, 5) is 15.5. The molecule has 0 fully saturated rings. The predicted octanol–water partition coefficient (Wildman–Crippen LogP) is 0.743. The lowest BCUT2D eigenvalue weighted by atomic mass is 10.1. The topological polar surface area (TPSA) is 68.0 Å². The molecule has 0 saturated heterocycles. The van der Waals surface area contributed by atoms with Gasteiger partial charge >= 0.3 is 0 Å². The zero-order chi connectivity index (χ0) is 10.6. The number of nitrogens with one attached hydrogen (secondary N) is 1. The molecule has 78 valence electrons. The van der Waals surface area contributed by atoms with Crippen molar-refractivity contribution in [2.24, 2.45) is 11.7 Å². The largest absolute Gasteiger partial charge is 0.349 e. The fourth-order valence-electron chi connectivity index (χ4n) is 0.923. The Morgan fingerprint density at radius 2 is 2.43 bits per heavy atom. The molecule has 4 nitrogen and oxygen atoms in total. The Bertz CT molecular complexity index is 284. The fourth-order valence-corrected chi connectivity index (χ4v) is 1.48. The van der Waals surface area contributed by atoms with Crippen LogP contribution in [0.1, 0.15) is 19.5 Å². The lowest BCUT2D eigenvalue weighted by Gasteiger charge is -2.14. The van der Waals surface area contributed by atoms with Crippen LogP contribution in [-0.2, 0) is 11.3 Å². The van der Waals surface area contributed by atoms with Crippen molar-refractivity contribution in [3.05, 3.63) is 16.6 Å². The minimum Gasteiger partial charge on any atom is -0.349 e. The van der Waals surface area contributed by atoms with E-state index in [1.54, 1.807) is 5.51 Å². The van der Waals surface area contributed by atoms with Crippen molar-refractivity contribution in [2.75, 3.05) is 0 Å². The number of hydrogen-bond donors (Lipinski definition) is 2. The van der Waals surface area contributed by atoms with E-state index in [0.717, 1.165) is 5.69 Å². The second-order valence-corrected chi connectivity index (χ2v) is 4.19. The van der Waals surface area contributed by atoms with Gasteiger partial charge in [-0.3, -0.25) is 4.79 Å². The summed E-state index contributed by atoms with van der Waals surface area (Å²) in [5, 5.41) is 4.65. The van der Waals surface area contributed by atoms with Gasteiger partial charge in [-0.15, -0.1) is 11.3 Å². The monoisotopic (exact) mass is 213 g/mol. The van der Waals surface area contributed by atoms with E-state index in [0.29, 0.717) is 6.54 Å². The summed E-state index contributed by atoms with van der Waals surface area (Å²) in [6, 6.07) is -0.436. The molecule has 3 N–H and O–H groups in total. The summed E-state index contributed by atoms with van der Waals surface area (Å²) in [7, 11) is 0. The number of carbonyl (C=O) groups is 1. The summed E-state index contributed by atoms with van der Waals surface area (Å²) in [6.07, 6.45) is 0. The smallest absolute Gasteiger partial charge is 0.237 e. The molecule has 1 aromatic rings. The van der Waals surface area contributed by atoms with Crippen LogP contribution in [0.3, 0.4) is 0 Å². The predicted molar refractivity (Wildman–Crippen MR) is 56.8 cm³/mol. The minimum absolute atomic E-state index is 0.118. The molecule has 0 spiro atoms. The van der Waals surface area contributed by atoms with E-state index in [1.165, 1.54) is 11.3 Å². The van der Waals surface area contributed by atoms with Crippen LogP contribution in [0.25, 0.3) is 0 Å². The number of nitrogens with two attached hydrogens (primary N) is 1. The van der Waals surface area contributed by atoms with Crippen LogP contribution < -0.4 is 11.1 Å². The molecule has 0 bridgehead atoms. The first kappa shape index (κ1) is 11.1. The lowest BCUT2D eigenvalue weighted by Crippen LogP contribution is -2.43. The highest BCUT2D eigenvalue weighted by Crippen LogP contribution is 2.01. The second kappa shape index (κ2) is 5.07. The van der Waals surface area contributed by atoms with Crippen LogP contribution in [0.4, 0.5) is 0 Å². The highest BCUT2D eigenvalue weighted by molar-refractivity contribution is 7.07. The van der Waals surface area contributed by atoms with Crippen molar-refractivity contribution in [3.63, 3.8) is 0 Å². The third kappa shape index (κ3) is 3.08. The highest BCUT2D eigenvalue weighted by Gasteiger charge is 2.16. The van der Waals surface area contributed by atoms with Gasteiger partial charge in [-0.05, 0) is 5.92 Å². The first-order valence-corrected chi connectivity index (χ1v) is 5.46. The van der Waals surface area contributed by atoms with E-state index in [1.807, 2.05) is 19.2 Å². The molecular formula is C9H15N3OS. The molecule has 0 saturated carbocycles. The van der Waals surface area contributed by atoms with Gasteiger partial charge in [-0.25, -0.2) is 4.98 Å². The molecule has 5 heteroatoms. The van der Waals surface area contributed by atoms with Gasteiger partial charge in [0.2, 0.25) is 5.91 Å². The van der Waals surface area contributed by atoms with Crippen LogP contribution in [-0.4, -0.2) is 16.9 Å². The molecule has 1 aromatic heterocycles. The van der Waals surface area contributed by atoms with Gasteiger partial charge in [-0.1, -0.05) is 13.8 Å². The molecule has 0 aliphatic heterocycles. The van der Waals surface area contributed by atoms with Crippen molar-refractivity contribution < 1.29 is 4.79 Å². The van der Waals surface area contributed by atoms with Gasteiger partial charge in [0.25, 0.3) is 0 Å². The highest BCUT2D eigenvalue weighted by atomic mass is 32.1. The number of carbonyl (C=O) groups excluding carboxylic acids is 1. The number of amides is 1. The summed E-state index contributed by atoms with van der Waals surface area (Å²) >= 11 is 1.51. The number of aromatic nitrogens is 1. The van der Waals surface area contributed by atoms with Crippen LogP contribution in [0.15, 0.2) is 10.9 Å². The van der Waals surface area contributed by atoms with Crippen LogP contribution in [0.5, 0.6) is 0 Å². The van der Waals surface area contributed by atoms with Crippen molar-refractivity contribution in [1.29, 1.82) is 0 Å². The van der Waals surface area contributed by atoms with E-state index in [9.17, 15) is 4.79 Å². The number of thiazole rings is 1. The van der Waals surface area contributed by atoms with Gasteiger partial charge in [-0.2, -0.15) is 0 Å². The van der Waals surface area contributed by atoms with E-state index in [2.05, 4.69) is 10.3 Å². The van der Waals surface area contributed by atoms with E-state index >= 15 is 0 Å². The molecular weight excluding hydrogens is 198 g/mol. The molecule has 0 radical (unpaired) electrons. The summed E-state index contributed by atoms with van der Waals surface area (Å²) < 4.78 is 0. The first-order chi connectivity index (χ1) is 6.61. The maximum absolute atomic E-state index is 11.4. The summed E-state index contributed by atoms with van der Waals surface area (Å²) in [5.74, 6) is 0.0402. The molecule has 1 heterocycles. The Morgan fingerprint density at radius 1 is 1.71 bits per heavy atom. The van der Waals surface area contributed by atoms with Crippen LogP contribution in [0.2, 0.25) is 0 Å². The standard InChI is InChI=1S/C9H15N3OS/c1-6(2)8(10)9(13)11-3-7-4-14-5-12-7/h4-6,8H,3,10H2,1-2H3,(H,11,13). The normalized spacial score (nSPS) is 12.9. The Labute approximate surface area is 87.5 Å². The Hall–Kier alpha value is -0.940. The third-order valence-corrected chi connectivity index (χ3v) is 2.58. The summed E-state index contributed by atoms with van der Waals surface area (Å²) in [5.41, 5.74) is 8.28. The first-order valence-electron chi connectivity index (χ1n) is 4.51. The summed E-state index contributed by atoms with van der Waals surface area (Å²) in [6.45, 7) is 4.31. The van der Waals surface area contributed by atoms with Crippen molar-refractivity contribution >= 4 is 17.2 Å².